The minimum absolute atomic E-state index is 0.0347. The van der Waals surface area contributed by atoms with E-state index in [0.29, 0.717) is 32.2 Å². The molecule has 0 aliphatic carbocycles. The van der Waals surface area contributed by atoms with Gasteiger partial charge in [-0.2, -0.15) is 5.10 Å². The van der Waals surface area contributed by atoms with E-state index < -0.39 is 14.5 Å². The monoisotopic (exact) mass is 629 g/mol. The summed E-state index contributed by atoms with van der Waals surface area (Å²) in [6.45, 7) is 5.92. The van der Waals surface area contributed by atoms with E-state index in [-0.39, 0.29) is 48.9 Å². The highest BCUT2D eigenvalue weighted by Gasteiger charge is 2.51. The van der Waals surface area contributed by atoms with Crippen molar-refractivity contribution in [1.29, 1.82) is 0 Å². The number of carbonyl (C=O) groups excluding carboxylic acids is 2. The SMILES string of the molecule is C[C@H]1[C@H]([Si](C)(C)F)[C@@H](CC(=O)N(CCO)Cc2ccccc2)O[C@H]1CCc1cccc(N2N=C(c3ccccc3)CCC2=O)c1. The maximum absolute atomic E-state index is 15.8. The summed E-state index contributed by atoms with van der Waals surface area (Å²) in [4.78, 5) is 28.0. The quantitative estimate of drug-likeness (QED) is 0.183. The van der Waals surface area contributed by atoms with Gasteiger partial charge in [-0.3, -0.25) is 9.59 Å². The second-order valence-corrected chi connectivity index (χ2v) is 16.5. The number of amides is 2. The number of rotatable bonds is 12. The zero-order chi connectivity index (χ0) is 32.0. The van der Waals surface area contributed by atoms with Crippen LogP contribution in [0.2, 0.25) is 18.6 Å². The molecule has 0 saturated carbocycles. The number of hydrogen-bond donors (Lipinski definition) is 1. The van der Waals surface area contributed by atoms with Gasteiger partial charge < -0.3 is 18.9 Å². The second kappa shape index (κ2) is 14.6. The van der Waals surface area contributed by atoms with Gasteiger partial charge in [0.1, 0.15) is 0 Å². The largest absolute Gasteiger partial charge is 0.395 e. The first kappa shape index (κ1) is 32.7. The lowest BCUT2D eigenvalue weighted by Crippen LogP contribution is -2.40. The van der Waals surface area contributed by atoms with Crippen molar-refractivity contribution < 1.29 is 23.5 Å². The van der Waals surface area contributed by atoms with Gasteiger partial charge in [0.25, 0.3) is 0 Å². The smallest absolute Gasteiger partial charge is 0.247 e. The van der Waals surface area contributed by atoms with Crippen LogP contribution in [0, 0.1) is 5.92 Å². The number of ether oxygens (including phenoxy) is 1. The molecule has 7 nitrogen and oxygen atoms in total. The molecule has 3 aromatic carbocycles. The van der Waals surface area contributed by atoms with E-state index in [0.717, 1.165) is 28.1 Å². The fourth-order valence-corrected chi connectivity index (χ4v) is 9.38. The van der Waals surface area contributed by atoms with Crippen molar-refractivity contribution in [1.82, 2.24) is 4.90 Å². The van der Waals surface area contributed by atoms with Gasteiger partial charge in [-0.1, -0.05) is 79.7 Å². The number of aliphatic hydroxyl groups excluding tert-OH is 1. The van der Waals surface area contributed by atoms with Gasteiger partial charge in [0.15, 0.2) is 0 Å². The molecule has 4 atom stereocenters. The predicted molar refractivity (Wildman–Crippen MR) is 178 cm³/mol. The first-order valence-electron chi connectivity index (χ1n) is 16.0. The maximum Gasteiger partial charge on any atom is 0.247 e. The lowest BCUT2D eigenvalue weighted by molar-refractivity contribution is -0.135. The van der Waals surface area contributed by atoms with E-state index in [1.807, 2.05) is 91.9 Å². The topological polar surface area (TPSA) is 82.4 Å². The number of anilines is 1. The Hall–Kier alpha value is -3.66. The summed E-state index contributed by atoms with van der Waals surface area (Å²) >= 11 is 0. The molecule has 0 aromatic heterocycles. The predicted octanol–water partition coefficient (Wildman–Crippen LogP) is 6.51. The lowest BCUT2D eigenvalue weighted by Gasteiger charge is -2.30. The van der Waals surface area contributed by atoms with Crippen LogP contribution in [-0.4, -0.2) is 61.3 Å². The molecule has 0 radical (unpaired) electrons. The van der Waals surface area contributed by atoms with Crippen LogP contribution in [0.5, 0.6) is 0 Å². The number of halogens is 1. The van der Waals surface area contributed by atoms with Crippen molar-refractivity contribution >= 4 is 31.6 Å². The lowest BCUT2D eigenvalue weighted by atomic mass is 9.95. The maximum atomic E-state index is 15.8. The van der Waals surface area contributed by atoms with Crippen LogP contribution < -0.4 is 5.01 Å². The molecule has 1 fully saturated rings. The number of hydrogen-bond acceptors (Lipinski definition) is 5. The third-order valence-electron chi connectivity index (χ3n) is 9.02. The molecule has 0 spiro atoms. The Labute approximate surface area is 266 Å². The van der Waals surface area contributed by atoms with Gasteiger partial charge in [-0.15, -0.1) is 0 Å². The highest BCUT2D eigenvalue weighted by atomic mass is 28.4. The van der Waals surface area contributed by atoms with Crippen molar-refractivity contribution in [2.75, 3.05) is 18.2 Å². The van der Waals surface area contributed by atoms with Crippen LogP contribution in [0.25, 0.3) is 0 Å². The highest BCUT2D eigenvalue weighted by Crippen LogP contribution is 2.47. The molecule has 2 aliphatic rings. The minimum atomic E-state index is -3.17. The Morgan fingerprint density at radius 2 is 1.69 bits per heavy atom. The van der Waals surface area contributed by atoms with Gasteiger partial charge in [0.2, 0.25) is 20.2 Å². The van der Waals surface area contributed by atoms with Gasteiger partial charge >= 0.3 is 0 Å². The Morgan fingerprint density at radius 1 is 1.00 bits per heavy atom. The number of aryl methyl sites for hydroxylation is 1. The molecular weight excluding hydrogens is 585 g/mol. The average molecular weight is 630 g/mol. The molecule has 0 unspecified atom stereocenters. The number of aliphatic hydroxyl groups is 1. The van der Waals surface area contributed by atoms with Gasteiger partial charge in [-0.25, -0.2) is 5.01 Å². The van der Waals surface area contributed by atoms with Crippen LogP contribution in [0.15, 0.2) is 90.0 Å². The summed E-state index contributed by atoms with van der Waals surface area (Å²) in [7, 11) is -3.17. The summed E-state index contributed by atoms with van der Waals surface area (Å²) in [6.07, 6.45) is 1.76. The fraction of sp³-hybridized carbons (Fsp3) is 0.417. The molecule has 1 N–H and O–H groups in total. The van der Waals surface area contributed by atoms with E-state index in [1.165, 1.54) is 5.01 Å². The average Bonchev–Trinajstić information content (AvgIpc) is 3.35. The Balaban J connectivity index is 1.27. The molecule has 9 heteroatoms. The Morgan fingerprint density at radius 3 is 2.38 bits per heavy atom. The van der Waals surface area contributed by atoms with Crippen molar-refractivity contribution in [2.24, 2.45) is 11.0 Å². The van der Waals surface area contributed by atoms with Crippen LogP contribution >= 0.6 is 0 Å². The molecule has 5 rings (SSSR count). The van der Waals surface area contributed by atoms with Crippen molar-refractivity contribution in [3.63, 3.8) is 0 Å². The molecule has 2 heterocycles. The number of benzene rings is 3. The summed E-state index contributed by atoms with van der Waals surface area (Å²) in [6, 6.07) is 27.5. The molecule has 45 heavy (non-hydrogen) atoms. The zero-order valence-corrected chi connectivity index (χ0v) is 27.4. The summed E-state index contributed by atoms with van der Waals surface area (Å²) in [5, 5.41) is 15.9. The van der Waals surface area contributed by atoms with Crippen LogP contribution in [0.3, 0.4) is 0 Å². The first-order chi connectivity index (χ1) is 21.6. The Bertz CT molecular complexity index is 1480. The fourth-order valence-electron chi connectivity index (χ4n) is 6.84. The van der Waals surface area contributed by atoms with Crippen LogP contribution in [-0.2, 0) is 27.3 Å². The van der Waals surface area contributed by atoms with Crippen molar-refractivity contribution in [3.8, 4) is 0 Å². The molecule has 0 bridgehead atoms. The minimum Gasteiger partial charge on any atom is -0.395 e. The van der Waals surface area contributed by atoms with E-state index in [9.17, 15) is 14.7 Å². The number of nitrogens with zero attached hydrogens (tertiary/aromatic N) is 3. The molecule has 238 valence electrons. The van der Waals surface area contributed by atoms with Crippen molar-refractivity contribution in [2.45, 2.75) is 76.4 Å². The van der Waals surface area contributed by atoms with Gasteiger partial charge in [-0.05, 0) is 60.7 Å². The second-order valence-electron chi connectivity index (χ2n) is 12.7. The van der Waals surface area contributed by atoms with Crippen LogP contribution in [0.4, 0.5) is 9.80 Å². The van der Waals surface area contributed by atoms with E-state index in [1.54, 1.807) is 18.0 Å². The zero-order valence-electron chi connectivity index (χ0n) is 26.4. The summed E-state index contributed by atoms with van der Waals surface area (Å²) in [5.41, 5.74) is 4.34. The molecule has 2 aliphatic heterocycles. The summed E-state index contributed by atoms with van der Waals surface area (Å²) < 4.78 is 22.3. The molecule has 3 aromatic rings. The van der Waals surface area contributed by atoms with Crippen molar-refractivity contribution in [3.05, 3.63) is 102 Å². The summed E-state index contributed by atoms with van der Waals surface area (Å²) in [5.74, 6) is -0.212. The highest BCUT2D eigenvalue weighted by molar-refractivity contribution is 6.72. The number of carbonyl (C=O) groups is 2. The third-order valence-corrected chi connectivity index (χ3v) is 11.5. The standard InChI is InChI=1S/C36H44FN3O4Si/c1-26-32(44-33(36(26)45(2,3)37)24-35(43)39(21-22-41)25-28-11-6-4-7-12-28)19-17-27-13-10-16-30(23-27)40-34(42)20-18-31(38-40)29-14-8-5-9-15-29/h4-16,23,26,32-33,36,41H,17-22,24-25H2,1-3H3/t26-,32+,33-,36+/m1/s1. The van der Waals surface area contributed by atoms with E-state index in [4.69, 9.17) is 9.84 Å². The normalized spacial score (nSPS) is 21.9. The molecule has 1 saturated heterocycles. The first-order valence-corrected chi connectivity index (χ1v) is 18.9. The number of hydrazone groups is 1. The molecule has 2 amide bonds. The third kappa shape index (κ3) is 8.14. The van der Waals surface area contributed by atoms with Gasteiger partial charge in [0.05, 0.1) is 36.6 Å². The molecular formula is C36H44FN3O4Si. The van der Waals surface area contributed by atoms with Gasteiger partial charge in [0, 0.05) is 31.5 Å². The van der Waals surface area contributed by atoms with E-state index >= 15 is 4.11 Å². The van der Waals surface area contributed by atoms with E-state index in [2.05, 4.69) is 0 Å². The Kier molecular flexibility index (Phi) is 10.6. The van der Waals surface area contributed by atoms with Crippen LogP contribution in [0.1, 0.15) is 49.3 Å².